The molecule has 2 atom stereocenters. The number of nitrogens with one attached hydrogen (secondary N) is 1. The summed E-state index contributed by atoms with van der Waals surface area (Å²) in [6.07, 6.45) is 0. The van der Waals surface area contributed by atoms with Crippen LogP contribution < -0.4 is 11.1 Å². The molecule has 3 heteroatoms. The molecule has 0 aliphatic carbocycles. The normalized spacial score (nSPS) is 15.0. The zero-order valence-corrected chi connectivity index (χ0v) is 12.8. The number of hydrogen-bond acceptors (Lipinski definition) is 2. The van der Waals surface area contributed by atoms with Gasteiger partial charge >= 0.3 is 0 Å². The van der Waals surface area contributed by atoms with Crippen molar-refractivity contribution in [2.24, 2.45) is 5.73 Å². The Hall–Kier alpha value is -2.13. The molecule has 0 saturated heterocycles. The van der Waals surface area contributed by atoms with Gasteiger partial charge in [-0.05, 0) is 31.9 Å². The van der Waals surface area contributed by atoms with Crippen molar-refractivity contribution in [1.29, 1.82) is 0 Å². The molecule has 0 saturated carbocycles. The van der Waals surface area contributed by atoms with Crippen LogP contribution in [0.3, 0.4) is 0 Å². The molecule has 0 radical (unpaired) electrons. The summed E-state index contributed by atoms with van der Waals surface area (Å²) in [7, 11) is 0. The number of nitrogens with two attached hydrogens (primary N) is 1. The molecule has 2 rings (SSSR count). The summed E-state index contributed by atoms with van der Waals surface area (Å²) in [5.74, 6) is -0.179. The van der Waals surface area contributed by atoms with Gasteiger partial charge in [-0.15, -0.1) is 0 Å². The van der Waals surface area contributed by atoms with E-state index in [-0.39, 0.29) is 11.9 Å². The second-order valence-corrected chi connectivity index (χ2v) is 5.67. The highest BCUT2D eigenvalue weighted by Gasteiger charge is 2.31. The van der Waals surface area contributed by atoms with Gasteiger partial charge in [-0.2, -0.15) is 0 Å². The van der Waals surface area contributed by atoms with Gasteiger partial charge in [0.1, 0.15) is 5.54 Å². The van der Waals surface area contributed by atoms with Crippen LogP contribution in [0.4, 0.5) is 0 Å². The van der Waals surface area contributed by atoms with E-state index >= 15 is 0 Å². The summed E-state index contributed by atoms with van der Waals surface area (Å²) in [5, 5.41) is 2.99. The lowest BCUT2D eigenvalue weighted by Gasteiger charge is -2.26. The Labute approximate surface area is 126 Å². The van der Waals surface area contributed by atoms with Crippen molar-refractivity contribution in [3.05, 3.63) is 71.3 Å². The number of amides is 1. The minimum atomic E-state index is -1.04. The number of carbonyl (C=O) groups excluding carboxylic acids is 1. The van der Waals surface area contributed by atoms with Crippen LogP contribution >= 0.6 is 0 Å². The van der Waals surface area contributed by atoms with Crippen LogP contribution in [-0.2, 0) is 10.3 Å². The van der Waals surface area contributed by atoms with Crippen molar-refractivity contribution in [1.82, 2.24) is 5.32 Å². The SMILES string of the molecule is Cc1ccc(C(C)NC(=O)C(C)(N)c2ccccc2)cc1. The molecule has 0 aliphatic heterocycles. The second kappa shape index (κ2) is 6.10. The molecule has 2 unspecified atom stereocenters. The Morgan fingerprint density at radius 3 is 2.24 bits per heavy atom. The molecule has 3 N–H and O–H groups in total. The van der Waals surface area contributed by atoms with Crippen molar-refractivity contribution in [3.63, 3.8) is 0 Å². The molecule has 110 valence electrons. The Morgan fingerprint density at radius 2 is 1.67 bits per heavy atom. The van der Waals surface area contributed by atoms with Crippen LogP contribution in [0.1, 0.15) is 36.6 Å². The maximum absolute atomic E-state index is 12.5. The van der Waals surface area contributed by atoms with E-state index in [9.17, 15) is 4.79 Å². The second-order valence-electron chi connectivity index (χ2n) is 5.67. The lowest BCUT2D eigenvalue weighted by molar-refractivity contribution is -0.126. The molecule has 2 aromatic carbocycles. The molecular weight excluding hydrogens is 260 g/mol. The fraction of sp³-hybridized carbons (Fsp3) is 0.278. The van der Waals surface area contributed by atoms with Crippen LogP contribution in [-0.4, -0.2) is 5.91 Å². The molecule has 0 aliphatic rings. The highest BCUT2D eigenvalue weighted by atomic mass is 16.2. The van der Waals surface area contributed by atoms with E-state index in [0.717, 1.165) is 11.1 Å². The summed E-state index contributed by atoms with van der Waals surface area (Å²) >= 11 is 0. The zero-order chi connectivity index (χ0) is 15.5. The van der Waals surface area contributed by atoms with Crippen molar-refractivity contribution in [2.75, 3.05) is 0 Å². The first-order chi connectivity index (χ1) is 9.91. The predicted octanol–water partition coefficient (Wildman–Crippen LogP) is 3.05. The van der Waals surface area contributed by atoms with Gasteiger partial charge in [-0.25, -0.2) is 0 Å². The van der Waals surface area contributed by atoms with Crippen molar-refractivity contribution >= 4 is 5.91 Å². The third-order valence-corrected chi connectivity index (χ3v) is 3.77. The molecule has 0 fully saturated rings. The fourth-order valence-electron chi connectivity index (χ4n) is 2.20. The summed E-state index contributed by atoms with van der Waals surface area (Å²) in [6.45, 7) is 5.74. The topological polar surface area (TPSA) is 55.1 Å². The predicted molar refractivity (Wildman–Crippen MR) is 85.7 cm³/mol. The van der Waals surface area contributed by atoms with Gasteiger partial charge in [-0.1, -0.05) is 60.2 Å². The largest absolute Gasteiger partial charge is 0.348 e. The molecule has 2 aromatic rings. The molecule has 3 nitrogen and oxygen atoms in total. The molecule has 1 amide bonds. The van der Waals surface area contributed by atoms with Crippen molar-refractivity contribution < 1.29 is 4.79 Å². The van der Waals surface area contributed by atoms with E-state index in [1.165, 1.54) is 5.56 Å². The Bertz CT molecular complexity index is 603. The van der Waals surface area contributed by atoms with Crippen molar-refractivity contribution in [2.45, 2.75) is 32.4 Å². The highest BCUT2D eigenvalue weighted by molar-refractivity contribution is 5.87. The summed E-state index contributed by atoms with van der Waals surface area (Å²) in [4.78, 5) is 12.5. The number of aryl methyl sites for hydroxylation is 1. The molecule has 0 bridgehead atoms. The van der Waals surface area contributed by atoms with Crippen LogP contribution in [0.15, 0.2) is 54.6 Å². The average molecular weight is 282 g/mol. The first kappa shape index (κ1) is 15.3. The van der Waals surface area contributed by atoms with Gasteiger partial charge < -0.3 is 11.1 Å². The Balaban J connectivity index is 2.12. The molecule has 21 heavy (non-hydrogen) atoms. The van der Waals surface area contributed by atoms with Gasteiger partial charge in [0.15, 0.2) is 0 Å². The summed E-state index contributed by atoms with van der Waals surface area (Å²) in [6, 6.07) is 17.5. The van der Waals surface area contributed by atoms with Crippen LogP contribution in [0.5, 0.6) is 0 Å². The molecular formula is C18H22N2O. The molecule has 0 aromatic heterocycles. The van der Waals surface area contributed by atoms with Gasteiger partial charge in [0.25, 0.3) is 0 Å². The maximum atomic E-state index is 12.5. The number of hydrogen-bond donors (Lipinski definition) is 2. The Kier molecular flexibility index (Phi) is 4.43. The maximum Gasteiger partial charge on any atom is 0.244 e. The van der Waals surface area contributed by atoms with Gasteiger partial charge in [-0.3, -0.25) is 4.79 Å². The highest BCUT2D eigenvalue weighted by Crippen LogP contribution is 2.20. The van der Waals surface area contributed by atoms with Gasteiger partial charge in [0.05, 0.1) is 6.04 Å². The van der Waals surface area contributed by atoms with Crippen molar-refractivity contribution in [3.8, 4) is 0 Å². The van der Waals surface area contributed by atoms with E-state index < -0.39 is 5.54 Å². The number of rotatable bonds is 4. The monoisotopic (exact) mass is 282 g/mol. The minimum Gasteiger partial charge on any atom is -0.348 e. The van der Waals surface area contributed by atoms with Gasteiger partial charge in [0, 0.05) is 0 Å². The molecule has 0 spiro atoms. The first-order valence-electron chi connectivity index (χ1n) is 7.13. The van der Waals surface area contributed by atoms with Crippen LogP contribution in [0, 0.1) is 6.92 Å². The lowest BCUT2D eigenvalue weighted by atomic mass is 9.91. The number of carbonyl (C=O) groups is 1. The lowest BCUT2D eigenvalue weighted by Crippen LogP contribution is -2.49. The van der Waals surface area contributed by atoms with E-state index in [1.807, 2.05) is 68.4 Å². The van der Waals surface area contributed by atoms with E-state index in [4.69, 9.17) is 5.73 Å². The third-order valence-electron chi connectivity index (χ3n) is 3.77. The van der Waals surface area contributed by atoms with E-state index in [2.05, 4.69) is 5.32 Å². The average Bonchev–Trinajstić information content (AvgIpc) is 2.48. The quantitative estimate of drug-likeness (QED) is 0.905. The van der Waals surface area contributed by atoms with Crippen LogP contribution in [0.2, 0.25) is 0 Å². The molecule has 0 heterocycles. The fourth-order valence-corrected chi connectivity index (χ4v) is 2.20. The van der Waals surface area contributed by atoms with Gasteiger partial charge in [0.2, 0.25) is 5.91 Å². The Morgan fingerprint density at radius 1 is 1.10 bits per heavy atom. The number of benzene rings is 2. The van der Waals surface area contributed by atoms with E-state index in [0.29, 0.717) is 0 Å². The summed E-state index contributed by atoms with van der Waals surface area (Å²) in [5.41, 5.74) is 8.25. The minimum absolute atomic E-state index is 0.0790. The smallest absolute Gasteiger partial charge is 0.244 e. The zero-order valence-electron chi connectivity index (χ0n) is 12.8. The summed E-state index contributed by atoms with van der Waals surface area (Å²) < 4.78 is 0. The third kappa shape index (κ3) is 3.50. The standard InChI is InChI=1S/C18H22N2O/c1-13-9-11-15(12-10-13)14(2)20-17(21)18(3,19)16-7-5-4-6-8-16/h4-12,14H,19H2,1-3H3,(H,20,21). The van der Waals surface area contributed by atoms with Crippen LogP contribution in [0.25, 0.3) is 0 Å². The van der Waals surface area contributed by atoms with E-state index in [1.54, 1.807) is 6.92 Å². The first-order valence-corrected chi connectivity index (χ1v) is 7.13.